The molecule has 0 atom stereocenters. The molecule has 5 nitrogen and oxygen atoms in total. The van der Waals surface area contributed by atoms with E-state index in [2.05, 4.69) is 5.32 Å². The lowest BCUT2D eigenvalue weighted by Gasteiger charge is -2.12. The highest BCUT2D eigenvalue weighted by Crippen LogP contribution is 2.32. The van der Waals surface area contributed by atoms with Crippen molar-refractivity contribution in [3.63, 3.8) is 0 Å². The van der Waals surface area contributed by atoms with Crippen LogP contribution in [-0.2, 0) is 6.54 Å². The third kappa shape index (κ3) is 3.38. The zero-order valence-corrected chi connectivity index (χ0v) is 12.3. The Morgan fingerprint density at radius 3 is 2.57 bits per heavy atom. The van der Waals surface area contributed by atoms with Crippen LogP contribution < -0.4 is 10.1 Å². The van der Waals surface area contributed by atoms with Gasteiger partial charge in [0.05, 0.1) is 10.5 Å². The van der Waals surface area contributed by atoms with Crippen LogP contribution >= 0.6 is 0 Å². The molecule has 0 saturated heterocycles. The number of rotatable bonds is 5. The largest absolute Gasteiger partial charge is 0.457 e. The topological polar surface area (TPSA) is 64.4 Å². The van der Waals surface area contributed by atoms with Gasteiger partial charge >= 0.3 is 0 Å². The molecular formula is C16H18N2O3. The summed E-state index contributed by atoms with van der Waals surface area (Å²) in [6.45, 7) is 4.44. The smallest absolute Gasteiger partial charge is 0.276 e. The van der Waals surface area contributed by atoms with Gasteiger partial charge in [0, 0.05) is 12.6 Å². The maximum atomic E-state index is 11.0. The predicted octanol–water partition coefficient (Wildman–Crippen LogP) is 3.72. The van der Waals surface area contributed by atoms with Gasteiger partial charge in [-0.1, -0.05) is 18.2 Å². The van der Waals surface area contributed by atoms with Crippen LogP contribution in [0.2, 0.25) is 0 Å². The van der Waals surface area contributed by atoms with E-state index in [1.54, 1.807) is 19.1 Å². The van der Waals surface area contributed by atoms with Gasteiger partial charge < -0.3 is 10.1 Å². The summed E-state index contributed by atoms with van der Waals surface area (Å²) in [4.78, 5) is 10.6. The Morgan fingerprint density at radius 1 is 1.19 bits per heavy atom. The van der Waals surface area contributed by atoms with Gasteiger partial charge in [0.25, 0.3) is 5.69 Å². The SMILES string of the molecule is CNCc1ccc(Oc2cccc([N+](=O)[O-])c2C)c(C)c1. The fourth-order valence-corrected chi connectivity index (χ4v) is 2.17. The number of nitro groups is 1. The molecular weight excluding hydrogens is 268 g/mol. The van der Waals surface area contributed by atoms with Gasteiger partial charge in [0.2, 0.25) is 0 Å². The first kappa shape index (κ1) is 15.0. The highest BCUT2D eigenvalue weighted by Gasteiger charge is 2.15. The van der Waals surface area contributed by atoms with Crippen molar-refractivity contribution in [2.45, 2.75) is 20.4 Å². The lowest BCUT2D eigenvalue weighted by Crippen LogP contribution is -2.05. The molecule has 110 valence electrons. The minimum atomic E-state index is -0.398. The highest BCUT2D eigenvalue weighted by atomic mass is 16.6. The molecule has 0 aromatic heterocycles. The van der Waals surface area contributed by atoms with Crippen LogP contribution in [0.25, 0.3) is 0 Å². The molecule has 5 heteroatoms. The van der Waals surface area contributed by atoms with Gasteiger partial charge in [-0.3, -0.25) is 10.1 Å². The van der Waals surface area contributed by atoms with Crippen LogP contribution in [0.5, 0.6) is 11.5 Å². The molecule has 0 amide bonds. The average molecular weight is 286 g/mol. The summed E-state index contributed by atoms with van der Waals surface area (Å²) in [5.74, 6) is 1.21. The molecule has 0 heterocycles. The van der Waals surface area contributed by atoms with Gasteiger partial charge in [0.1, 0.15) is 11.5 Å². The summed E-state index contributed by atoms with van der Waals surface area (Å²) in [6, 6.07) is 10.8. The first-order valence-electron chi connectivity index (χ1n) is 6.69. The fourth-order valence-electron chi connectivity index (χ4n) is 2.17. The van der Waals surface area contributed by atoms with Crippen LogP contribution in [0.1, 0.15) is 16.7 Å². The molecule has 0 fully saturated rings. The van der Waals surface area contributed by atoms with E-state index in [-0.39, 0.29) is 5.69 Å². The van der Waals surface area contributed by atoms with Crippen LogP contribution in [0.3, 0.4) is 0 Å². The Morgan fingerprint density at radius 2 is 1.95 bits per heavy atom. The second kappa shape index (κ2) is 6.37. The van der Waals surface area contributed by atoms with E-state index < -0.39 is 4.92 Å². The van der Waals surface area contributed by atoms with Gasteiger partial charge in [-0.25, -0.2) is 0 Å². The molecule has 2 rings (SSSR count). The van der Waals surface area contributed by atoms with Crippen molar-refractivity contribution in [3.05, 3.63) is 63.2 Å². The van der Waals surface area contributed by atoms with E-state index in [4.69, 9.17) is 4.74 Å². The van der Waals surface area contributed by atoms with Gasteiger partial charge in [-0.15, -0.1) is 0 Å². The first-order valence-corrected chi connectivity index (χ1v) is 6.69. The van der Waals surface area contributed by atoms with Crippen LogP contribution in [0.4, 0.5) is 5.69 Å². The van der Waals surface area contributed by atoms with Crippen LogP contribution in [0.15, 0.2) is 36.4 Å². The third-order valence-corrected chi connectivity index (χ3v) is 3.29. The quantitative estimate of drug-likeness (QED) is 0.672. The number of aryl methyl sites for hydroxylation is 1. The van der Waals surface area contributed by atoms with Crippen molar-refractivity contribution >= 4 is 5.69 Å². The third-order valence-electron chi connectivity index (χ3n) is 3.29. The molecule has 1 N–H and O–H groups in total. The van der Waals surface area contributed by atoms with Crippen LogP contribution in [-0.4, -0.2) is 12.0 Å². The molecule has 0 saturated carbocycles. The Balaban J connectivity index is 2.30. The number of nitrogens with zero attached hydrogens (tertiary/aromatic N) is 1. The van der Waals surface area contributed by atoms with E-state index >= 15 is 0 Å². The minimum Gasteiger partial charge on any atom is -0.457 e. The Hall–Kier alpha value is -2.40. The molecule has 0 radical (unpaired) electrons. The summed E-state index contributed by atoms with van der Waals surface area (Å²) < 4.78 is 5.84. The highest BCUT2D eigenvalue weighted by molar-refractivity contribution is 5.50. The van der Waals surface area contributed by atoms with Crippen molar-refractivity contribution in [2.24, 2.45) is 0 Å². The number of nitro benzene ring substituents is 1. The van der Waals surface area contributed by atoms with E-state index in [0.717, 1.165) is 17.7 Å². The average Bonchev–Trinajstić information content (AvgIpc) is 2.44. The minimum absolute atomic E-state index is 0.0666. The number of benzene rings is 2. The summed E-state index contributed by atoms with van der Waals surface area (Å²) >= 11 is 0. The Bertz CT molecular complexity index is 669. The Kier molecular flexibility index (Phi) is 4.55. The van der Waals surface area contributed by atoms with Crippen molar-refractivity contribution in [1.82, 2.24) is 5.32 Å². The van der Waals surface area contributed by atoms with Crippen molar-refractivity contribution in [2.75, 3.05) is 7.05 Å². The molecule has 0 unspecified atom stereocenters. The van der Waals surface area contributed by atoms with Crippen molar-refractivity contribution in [1.29, 1.82) is 0 Å². The van der Waals surface area contributed by atoms with Gasteiger partial charge in [-0.05, 0) is 44.2 Å². The standard InChI is InChI=1S/C16H18N2O3/c1-11-9-13(10-17-3)7-8-15(11)21-16-6-4-5-14(12(16)2)18(19)20/h4-9,17H,10H2,1-3H3. The summed E-state index contributed by atoms with van der Waals surface area (Å²) in [5, 5.41) is 14.0. The molecule has 0 bridgehead atoms. The molecule has 21 heavy (non-hydrogen) atoms. The zero-order chi connectivity index (χ0) is 15.4. The lowest BCUT2D eigenvalue weighted by atomic mass is 10.1. The summed E-state index contributed by atoms with van der Waals surface area (Å²) in [6.07, 6.45) is 0. The first-order chi connectivity index (χ1) is 10.0. The van der Waals surface area contributed by atoms with E-state index in [9.17, 15) is 10.1 Å². The summed E-state index contributed by atoms with van der Waals surface area (Å²) in [7, 11) is 1.90. The summed E-state index contributed by atoms with van der Waals surface area (Å²) in [5.41, 5.74) is 2.75. The van der Waals surface area contributed by atoms with E-state index in [0.29, 0.717) is 17.1 Å². The molecule has 2 aromatic rings. The second-order valence-corrected chi connectivity index (χ2v) is 4.89. The zero-order valence-electron chi connectivity index (χ0n) is 12.3. The van der Waals surface area contributed by atoms with Gasteiger partial charge in [-0.2, -0.15) is 0 Å². The van der Waals surface area contributed by atoms with Gasteiger partial charge in [0.15, 0.2) is 0 Å². The van der Waals surface area contributed by atoms with E-state index in [1.807, 2.05) is 32.2 Å². The van der Waals surface area contributed by atoms with Crippen LogP contribution in [0, 0.1) is 24.0 Å². The normalized spacial score (nSPS) is 10.4. The van der Waals surface area contributed by atoms with Crippen molar-refractivity contribution < 1.29 is 9.66 Å². The number of hydrogen-bond donors (Lipinski definition) is 1. The number of hydrogen-bond acceptors (Lipinski definition) is 4. The number of nitrogens with one attached hydrogen (secondary N) is 1. The fraction of sp³-hybridized carbons (Fsp3) is 0.250. The molecule has 0 aliphatic heterocycles. The number of ether oxygens (including phenoxy) is 1. The second-order valence-electron chi connectivity index (χ2n) is 4.89. The molecule has 0 aliphatic rings. The van der Waals surface area contributed by atoms with Crippen molar-refractivity contribution in [3.8, 4) is 11.5 Å². The molecule has 2 aromatic carbocycles. The maximum Gasteiger partial charge on any atom is 0.276 e. The lowest BCUT2D eigenvalue weighted by molar-refractivity contribution is -0.385. The Labute approximate surface area is 123 Å². The monoisotopic (exact) mass is 286 g/mol. The predicted molar refractivity (Wildman–Crippen MR) is 81.9 cm³/mol. The van der Waals surface area contributed by atoms with E-state index in [1.165, 1.54) is 6.07 Å². The maximum absolute atomic E-state index is 11.0. The molecule has 0 spiro atoms. The molecule has 0 aliphatic carbocycles.